The Hall–Kier alpha value is -1.07. The van der Waals surface area contributed by atoms with Crippen LogP contribution in [0.15, 0.2) is 12.1 Å². The molecule has 1 atom stereocenters. The van der Waals surface area contributed by atoms with Crippen molar-refractivity contribution in [3.05, 3.63) is 35.1 Å². The first-order valence-electron chi connectivity index (χ1n) is 5.45. The molecule has 0 bridgehead atoms. The van der Waals surface area contributed by atoms with Crippen LogP contribution in [0.4, 0.5) is 13.2 Å². The molecule has 1 rings (SSSR count). The molecule has 0 aromatic heterocycles. The van der Waals surface area contributed by atoms with Crippen LogP contribution in [-0.2, 0) is 0 Å². The van der Waals surface area contributed by atoms with E-state index in [9.17, 15) is 18.3 Å². The van der Waals surface area contributed by atoms with Gasteiger partial charge in [-0.1, -0.05) is 13.8 Å². The predicted molar refractivity (Wildman–Crippen MR) is 59.0 cm³/mol. The minimum atomic E-state index is -1.52. The molecule has 0 radical (unpaired) electrons. The summed E-state index contributed by atoms with van der Waals surface area (Å²) in [7, 11) is 0. The van der Waals surface area contributed by atoms with Gasteiger partial charge in [-0.3, -0.25) is 0 Å². The third kappa shape index (κ3) is 4.02. The van der Waals surface area contributed by atoms with Crippen molar-refractivity contribution in [3.8, 4) is 0 Å². The van der Waals surface area contributed by atoms with Crippen molar-refractivity contribution in [2.45, 2.75) is 20.0 Å². The van der Waals surface area contributed by atoms with E-state index >= 15 is 0 Å². The van der Waals surface area contributed by atoms with Crippen molar-refractivity contribution >= 4 is 0 Å². The fourth-order valence-electron chi connectivity index (χ4n) is 1.39. The lowest BCUT2D eigenvalue weighted by atomic mass is 10.1. The van der Waals surface area contributed by atoms with Gasteiger partial charge in [-0.25, -0.2) is 13.2 Å². The first kappa shape index (κ1) is 14.0. The SMILES string of the molecule is CC(C)CNCC(O)c1cc(F)c(F)c(F)c1. The predicted octanol–water partition coefficient (Wildman–Crippen LogP) is 2.38. The Bertz CT molecular complexity index is 359. The number of aliphatic hydroxyl groups is 1. The molecule has 0 aliphatic rings. The molecule has 0 aliphatic heterocycles. The standard InChI is InChI=1S/C12H16F3NO/c1-7(2)5-16-6-11(17)8-3-9(13)12(15)10(14)4-8/h3-4,7,11,16-17H,5-6H2,1-2H3. The number of hydrogen-bond donors (Lipinski definition) is 2. The monoisotopic (exact) mass is 247 g/mol. The molecule has 1 aromatic rings. The van der Waals surface area contributed by atoms with E-state index in [0.717, 1.165) is 12.1 Å². The number of hydrogen-bond acceptors (Lipinski definition) is 2. The molecule has 2 nitrogen and oxygen atoms in total. The number of benzene rings is 1. The zero-order valence-corrected chi connectivity index (χ0v) is 9.80. The van der Waals surface area contributed by atoms with Crippen molar-refractivity contribution in [1.29, 1.82) is 0 Å². The molecular weight excluding hydrogens is 231 g/mol. The van der Waals surface area contributed by atoms with Crippen LogP contribution in [0.25, 0.3) is 0 Å². The van der Waals surface area contributed by atoms with Crippen molar-refractivity contribution < 1.29 is 18.3 Å². The van der Waals surface area contributed by atoms with E-state index in [1.807, 2.05) is 13.8 Å². The lowest BCUT2D eigenvalue weighted by Crippen LogP contribution is -2.25. The summed E-state index contributed by atoms with van der Waals surface area (Å²) < 4.78 is 38.5. The topological polar surface area (TPSA) is 32.3 Å². The van der Waals surface area contributed by atoms with Gasteiger partial charge in [-0.2, -0.15) is 0 Å². The van der Waals surface area contributed by atoms with Gasteiger partial charge in [0.1, 0.15) is 0 Å². The lowest BCUT2D eigenvalue weighted by Gasteiger charge is -2.14. The fraction of sp³-hybridized carbons (Fsp3) is 0.500. The summed E-state index contributed by atoms with van der Waals surface area (Å²) in [5, 5.41) is 12.6. The molecule has 0 spiro atoms. The molecule has 0 heterocycles. The second-order valence-electron chi connectivity index (χ2n) is 4.37. The second-order valence-corrected chi connectivity index (χ2v) is 4.37. The van der Waals surface area contributed by atoms with Crippen LogP contribution in [-0.4, -0.2) is 18.2 Å². The lowest BCUT2D eigenvalue weighted by molar-refractivity contribution is 0.172. The molecule has 0 saturated carbocycles. The zero-order valence-electron chi connectivity index (χ0n) is 9.80. The zero-order chi connectivity index (χ0) is 13.0. The Morgan fingerprint density at radius 2 is 1.65 bits per heavy atom. The van der Waals surface area contributed by atoms with Crippen LogP contribution in [0.5, 0.6) is 0 Å². The van der Waals surface area contributed by atoms with Crippen LogP contribution >= 0.6 is 0 Å². The van der Waals surface area contributed by atoms with Crippen molar-refractivity contribution in [3.63, 3.8) is 0 Å². The molecule has 2 N–H and O–H groups in total. The normalized spacial score (nSPS) is 13.1. The first-order chi connectivity index (χ1) is 7.91. The molecule has 96 valence electrons. The molecule has 0 saturated heterocycles. The van der Waals surface area contributed by atoms with Crippen molar-refractivity contribution in [2.24, 2.45) is 5.92 Å². The van der Waals surface area contributed by atoms with Gasteiger partial charge in [0.05, 0.1) is 6.10 Å². The van der Waals surface area contributed by atoms with Crippen LogP contribution in [0.2, 0.25) is 0 Å². The van der Waals surface area contributed by atoms with Gasteiger partial charge in [-0.15, -0.1) is 0 Å². The highest BCUT2D eigenvalue weighted by Gasteiger charge is 2.15. The highest BCUT2D eigenvalue weighted by Crippen LogP contribution is 2.18. The number of aliphatic hydroxyl groups excluding tert-OH is 1. The molecule has 1 unspecified atom stereocenters. The average molecular weight is 247 g/mol. The summed E-state index contributed by atoms with van der Waals surface area (Å²) in [5.41, 5.74) is 0.0256. The highest BCUT2D eigenvalue weighted by molar-refractivity contribution is 5.21. The van der Waals surface area contributed by atoms with Crippen LogP contribution in [0.1, 0.15) is 25.5 Å². The summed E-state index contributed by atoms with van der Waals surface area (Å²) in [6.07, 6.45) is -1.06. The van der Waals surface area contributed by atoms with E-state index < -0.39 is 23.6 Å². The van der Waals surface area contributed by atoms with Gasteiger partial charge >= 0.3 is 0 Å². The number of halogens is 3. The van der Waals surface area contributed by atoms with Crippen LogP contribution in [0, 0.1) is 23.4 Å². The third-order valence-corrected chi connectivity index (χ3v) is 2.28. The number of rotatable bonds is 5. The first-order valence-corrected chi connectivity index (χ1v) is 5.45. The summed E-state index contributed by atoms with van der Waals surface area (Å²) in [4.78, 5) is 0. The summed E-state index contributed by atoms with van der Waals surface area (Å²) in [6.45, 7) is 4.85. The van der Waals surface area contributed by atoms with Gasteiger partial charge in [0.15, 0.2) is 17.5 Å². The Balaban J connectivity index is 2.66. The maximum Gasteiger partial charge on any atom is 0.194 e. The van der Waals surface area contributed by atoms with E-state index in [-0.39, 0.29) is 12.1 Å². The van der Waals surface area contributed by atoms with Gasteiger partial charge in [0, 0.05) is 6.54 Å². The van der Waals surface area contributed by atoms with E-state index in [1.54, 1.807) is 0 Å². The summed E-state index contributed by atoms with van der Waals surface area (Å²) in [6, 6.07) is 1.61. The van der Waals surface area contributed by atoms with E-state index in [4.69, 9.17) is 0 Å². The highest BCUT2D eigenvalue weighted by atomic mass is 19.2. The van der Waals surface area contributed by atoms with Gasteiger partial charge in [-0.05, 0) is 30.2 Å². The summed E-state index contributed by atoms with van der Waals surface area (Å²) >= 11 is 0. The average Bonchev–Trinajstić information content (AvgIpc) is 2.24. The van der Waals surface area contributed by atoms with E-state index in [1.165, 1.54) is 0 Å². The minimum Gasteiger partial charge on any atom is -0.387 e. The molecule has 17 heavy (non-hydrogen) atoms. The Morgan fingerprint density at radius 3 is 2.12 bits per heavy atom. The molecular formula is C12H16F3NO. The molecule has 1 aromatic carbocycles. The van der Waals surface area contributed by atoms with Crippen LogP contribution in [0.3, 0.4) is 0 Å². The van der Waals surface area contributed by atoms with Crippen molar-refractivity contribution in [1.82, 2.24) is 5.32 Å². The molecule has 0 amide bonds. The van der Waals surface area contributed by atoms with E-state index in [2.05, 4.69) is 5.32 Å². The second kappa shape index (κ2) is 6.02. The Kier molecular flexibility index (Phi) is 4.96. The fourth-order valence-corrected chi connectivity index (χ4v) is 1.39. The molecule has 5 heteroatoms. The molecule has 0 fully saturated rings. The van der Waals surface area contributed by atoms with Gasteiger partial charge < -0.3 is 10.4 Å². The Morgan fingerprint density at radius 1 is 1.12 bits per heavy atom. The van der Waals surface area contributed by atoms with E-state index in [0.29, 0.717) is 12.5 Å². The quantitative estimate of drug-likeness (QED) is 0.783. The van der Waals surface area contributed by atoms with Gasteiger partial charge in [0.25, 0.3) is 0 Å². The van der Waals surface area contributed by atoms with Crippen LogP contribution < -0.4 is 5.32 Å². The maximum atomic E-state index is 12.9. The smallest absolute Gasteiger partial charge is 0.194 e. The maximum absolute atomic E-state index is 12.9. The van der Waals surface area contributed by atoms with Crippen molar-refractivity contribution in [2.75, 3.05) is 13.1 Å². The minimum absolute atomic E-state index is 0.0256. The third-order valence-electron chi connectivity index (χ3n) is 2.28. The Labute approximate surface area is 98.5 Å². The van der Waals surface area contributed by atoms with Gasteiger partial charge in [0.2, 0.25) is 0 Å². The molecule has 0 aliphatic carbocycles. The number of nitrogens with one attached hydrogen (secondary N) is 1. The summed E-state index contributed by atoms with van der Waals surface area (Å²) in [5.74, 6) is -3.69. The largest absolute Gasteiger partial charge is 0.387 e.